The first-order valence-corrected chi connectivity index (χ1v) is 21.0. The van der Waals surface area contributed by atoms with Gasteiger partial charge in [0, 0.05) is 16.2 Å². The van der Waals surface area contributed by atoms with Gasteiger partial charge in [0.1, 0.15) is 5.75 Å². The lowest BCUT2D eigenvalue weighted by Gasteiger charge is -2.22. The zero-order valence-electron chi connectivity index (χ0n) is 33.3. The van der Waals surface area contributed by atoms with Crippen molar-refractivity contribution in [2.75, 3.05) is 0 Å². The Hall–Kier alpha value is -7.48. The summed E-state index contributed by atoms with van der Waals surface area (Å²) < 4.78 is 0. The van der Waals surface area contributed by atoms with Gasteiger partial charge in [0.05, 0.1) is 0 Å². The van der Waals surface area contributed by atoms with Crippen molar-refractivity contribution in [2.24, 2.45) is 0 Å². The molecule has 0 unspecified atom stereocenters. The molecule has 0 aromatic heterocycles. The number of benzene rings is 12. The average molecular weight is 763 g/mol. The van der Waals surface area contributed by atoms with Gasteiger partial charge in [-0.25, -0.2) is 0 Å². The fraction of sp³-hybridized carbons (Fsp3) is 0.0508. The molecule has 13 rings (SSSR count). The summed E-state index contributed by atoms with van der Waals surface area (Å²) in [5.41, 5.74) is 14.5. The fourth-order valence-electron chi connectivity index (χ4n) is 11.0. The highest BCUT2D eigenvalue weighted by molar-refractivity contribution is 6.28. The highest BCUT2D eigenvalue weighted by Gasteiger charge is 2.35. The number of phenolic OH excluding ortho intramolecular Hbond substituents is 1. The van der Waals surface area contributed by atoms with Crippen molar-refractivity contribution in [1.82, 2.24) is 0 Å². The summed E-state index contributed by atoms with van der Waals surface area (Å²) in [6, 6.07) is 69.3. The van der Waals surface area contributed by atoms with E-state index >= 15 is 0 Å². The second kappa shape index (κ2) is 12.0. The summed E-state index contributed by atoms with van der Waals surface area (Å²) in [5, 5.41) is 26.1. The van der Waals surface area contributed by atoms with Crippen LogP contribution in [-0.4, -0.2) is 5.11 Å². The predicted molar refractivity (Wildman–Crippen MR) is 255 cm³/mol. The molecule has 12 aromatic rings. The molecular weight excluding hydrogens is 725 g/mol. The van der Waals surface area contributed by atoms with Crippen LogP contribution in [0, 0.1) is 0 Å². The van der Waals surface area contributed by atoms with Gasteiger partial charge in [-0.3, -0.25) is 0 Å². The molecule has 0 spiro atoms. The third-order valence-corrected chi connectivity index (χ3v) is 13.9. The quantitative estimate of drug-likeness (QED) is 0.177. The summed E-state index contributed by atoms with van der Waals surface area (Å²) >= 11 is 0. The fourth-order valence-corrected chi connectivity index (χ4v) is 11.0. The Morgan fingerprint density at radius 3 is 1.50 bits per heavy atom. The van der Waals surface area contributed by atoms with Gasteiger partial charge in [-0.15, -0.1) is 0 Å². The number of fused-ring (bicyclic) bond motifs is 3. The van der Waals surface area contributed by atoms with Crippen LogP contribution >= 0.6 is 0 Å². The van der Waals surface area contributed by atoms with E-state index in [1.54, 1.807) is 0 Å². The number of phenols is 1. The molecule has 0 heterocycles. The Bertz CT molecular complexity index is 3720. The summed E-state index contributed by atoms with van der Waals surface area (Å²) in [7, 11) is 0. The molecule has 0 saturated carbocycles. The molecule has 0 fully saturated rings. The van der Waals surface area contributed by atoms with Crippen molar-refractivity contribution in [3.05, 3.63) is 199 Å². The zero-order chi connectivity index (χ0) is 39.9. The molecule has 0 amide bonds. The standard InChI is InChI=1S/C59H38O/c1-59(2)52-16-6-5-15-45(52)51-32-40(24-30-53(51)59)42-25-23-39(31-49(42)44-26-19-38-18-17-34-9-7-10-35-20-27-46(44)57(38)55(34)35)41-13-3-4-14-43(41)50-33-54(60)48-29-22-37-12-8-11-36-21-28-47(50)58(48)56(36)37/h3-33,60H,1-2H3. The van der Waals surface area contributed by atoms with Crippen molar-refractivity contribution in [3.8, 4) is 61.4 Å². The van der Waals surface area contributed by atoms with Crippen molar-refractivity contribution in [1.29, 1.82) is 0 Å². The molecule has 280 valence electrons. The number of hydrogen-bond acceptors (Lipinski definition) is 1. The minimum Gasteiger partial charge on any atom is -0.507 e. The summed E-state index contributed by atoms with van der Waals surface area (Å²) in [4.78, 5) is 0. The Morgan fingerprint density at radius 1 is 0.300 bits per heavy atom. The van der Waals surface area contributed by atoms with Gasteiger partial charge >= 0.3 is 0 Å². The van der Waals surface area contributed by atoms with Crippen LogP contribution in [0.15, 0.2) is 188 Å². The van der Waals surface area contributed by atoms with Crippen LogP contribution in [0.3, 0.4) is 0 Å². The normalized spacial score (nSPS) is 13.4. The van der Waals surface area contributed by atoms with Crippen LogP contribution in [0.1, 0.15) is 25.0 Å². The van der Waals surface area contributed by atoms with E-state index in [4.69, 9.17) is 0 Å². The van der Waals surface area contributed by atoms with Crippen LogP contribution in [-0.2, 0) is 5.41 Å². The predicted octanol–water partition coefficient (Wildman–Crippen LogP) is 16.2. The third kappa shape index (κ3) is 4.52. The van der Waals surface area contributed by atoms with E-state index in [1.165, 1.54) is 93.0 Å². The first kappa shape index (κ1) is 33.5. The van der Waals surface area contributed by atoms with Crippen LogP contribution in [0.2, 0.25) is 0 Å². The number of hydrogen-bond donors (Lipinski definition) is 1. The monoisotopic (exact) mass is 762 g/mol. The van der Waals surface area contributed by atoms with Gasteiger partial charge in [-0.05, 0) is 139 Å². The lowest BCUT2D eigenvalue weighted by Crippen LogP contribution is -2.14. The van der Waals surface area contributed by atoms with Gasteiger partial charge in [0.15, 0.2) is 0 Å². The van der Waals surface area contributed by atoms with E-state index in [0.29, 0.717) is 5.75 Å². The summed E-state index contributed by atoms with van der Waals surface area (Å²) in [5.74, 6) is 0.302. The molecular formula is C59H38O. The maximum Gasteiger partial charge on any atom is 0.124 e. The highest BCUT2D eigenvalue weighted by Crippen LogP contribution is 2.52. The SMILES string of the molecule is CC1(C)c2ccccc2-c2cc(-c3ccc(-c4ccccc4-c4cc(O)c5ccc6cccc7ccc4c5c67)cc3-c3ccc4ccc5cccc6ccc3c4c56)ccc21. The van der Waals surface area contributed by atoms with E-state index in [1.807, 2.05) is 6.07 Å². The highest BCUT2D eigenvalue weighted by atomic mass is 16.3. The lowest BCUT2D eigenvalue weighted by atomic mass is 9.81. The minimum atomic E-state index is -0.0630. The average Bonchev–Trinajstić information content (AvgIpc) is 3.52. The second-order valence-corrected chi connectivity index (χ2v) is 17.3. The first-order chi connectivity index (χ1) is 29.4. The van der Waals surface area contributed by atoms with E-state index < -0.39 is 0 Å². The topological polar surface area (TPSA) is 20.2 Å². The summed E-state index contributed by atoms with van der Waals surface area (Å²) in [6.45, 7) is 4.70. The molecule has 0 aliphatic heterocycles. The Morgan fingerprint density at radius 2 is 0.783 bits per heavy atom. The smallest absolute Gasteiger partial charge is 0.124 e. The molecule has 0 bridgehead atoms. The minimum absolute atomic E-state index is 0.0630. The van der Waals surface area contributed by atoms with Gasteiger partial charge in [-0.2, -0.15) is 0 Å². The van der Waals surface area contributed by atoms with Crippen LogP contribution in [0.4, 0.5) is 0 Å². The first-order valence-electron chi connectivity index (χ1n) is 21.0. The zero-order valence-corrected chi connectivity index (χ0v) is 33.3. The van der Waals surface area contributed by atoms with Gasteiger partial charge in [0.25, 0.3) is 0 Å². The van der Waals surface area contributed by atoms with Crippen LogP contribution in [0.5, 0.6) is 5.75 Å². The maximum atomic E-state index is 11.7. The van der Waals surface area contributed by atoms with Gasteiger partial charge < -0.3 is 5.11 Å². The van der Waals surface area contributed by atoms with Crippen molar-refractivity contribution in [2.45, 2.75) is 19.3 Å². The van der Waals surface area contributed by atoms with Gasteiger partial charge in [0.2, 0.25) is 0 Å². The maximum absolute atomic E-state index is 11.7. The molecule has 0 radical (unpaired) electrons. The summed E-state index contributed by atoms with van der Waals surface area (Å²) in [6.07, 6.45) is 0. The second-order valence-electron chi connectivity index (χ2n) is 17.3. The Balaban J connectivity index is 1.08. The molecule has 1 aliphatic carbocycles. The number of aromatic hydroxyl groups is 1. The lowest BCUT2D eigenvalue weighted by molar-refractivity contribution is 0.482. The molecule has 1 N–H and O–H groups in total. The number of rotatable bonds is 4. The van der Waals surface area contributed by atoms with E-state index in [-0.39, 0.29) is 5.41 Å². The van der Waals surface area contributed by atoms with Crippen molar-refractivity contribution < 1.29 is 5.11 Å². The molecule has 1 aliphatic rings. The molecule has 12 aromatic carbocycles. The molecule has 1 heteroatoms. The molecule has 60 heavy (non-hydrogen) atoms. The van der Waals surface area contributed by atoms with Crippen molar-refractivity contribution >= 4 is 64.6 Å². The van der Waals surface area contributed by atoms with Crippen molar-refractivity contribution in [3.63, 3.8) is 0 Å². The van der Waals surface area contributed by atoms with Crippen LogP contribution < -0.4 is 0 Å². The van der Waals surface area contributed by atoms with Gasteiger partial charge in [-0.1, -0.05) is 184 Å². The van der Waals surface area contributed by atoms with Crippen LogP contribution in [0.25, 0.3) is 120 Å². The Labute approximate surface area is 348 Å². The molecule has 0 saturated heterocycles. The van der Waals surface area contributed by atoms with E-state index in [2.05, 4.69) is 196 Å². The van der Waals surface area contributed by atoms with E-state index in [9.17, 15) is 5.11 Å². The molecule has 0 atom stereocenters. The third-order valence-electron chi connectivity index (χ3n) is 13.9. The Kier molecular flexibility index (Phi) is 6.72. The van der Waals surface area contributed by atoms with E-state index in [0.717, 1.165) is 38.4 Å². The largest absolute Gasteiger partial charge is 0.507 e. The molecule has 1 nitrogen and oxygen atoms in total.